The van der Waals surface area contributed by atoms with E-state index in [1.807, 2.05) is 19.4 Å². The predicted molar refractivity (Wildman–Crippen MR) is 52.5 cm³/mol. The van der Waals surface area contributed by atoms with Crippen LogP contribution in [0.2, 0.25) is 0 Å². The third kappa shape index (κ3) is 1.98. The molecular weight excluding hydrogens is 162 g/mol. The van der Waals surface area contributed by atoms with E-state index < -0.39 is 0 Å². The number of hydrogen-bond acceptors (Lipinski definition) is 2. The van der Waals surface area contributed by atoms with Gasteiger partial charge in [0.05, 0.1) is 0 Å². The monoisotopic (exact) mass is 177 g/mol. The summed E-state index contributed by atoms with van der Waals surface area (Å²) in [5.41, 5.74) is 1.46. The van der Waals surface area contributed by atoms with Crippen molar-refractivity contribution in [1.82, 2.24) is 14.9 Å². The molecule has 1 N–H and O–H groups in total. The standard InChI is InChI=1S/C10H15N3/c1-13-6-5-12-10(13)7-9-3-2-4-11-8-9/h3,5-6,11H,2,4,7-8H2,1H3. The van der Waals surface area contributed by atoms with Crippen LogP contribution in [0.1, 0.15) is 12.2 Å². The van der Waals surface area contributed by atoms with Gasteiger partial charge in [-0.05, 0) is 13.0 Å². The predicted octanol–water partition coefficient (Wildman–Crippen LogP) is 0.882. The molecule has 2 rings (SSSR count). The van der Waals surface area contributed by atoms with E-state index in [1.165, 1.54) is 5.57 Å². The SMILES string of the molecule is Cn1ccnc1CC1=CCCNC1. The van der Waals surface area contributed by atoms with Crippen molar-refractivity contribution in [3.8, 4) is 0 Å². The van der Waals surface area contributed by atoms with Gasteiger partial charge in [-0.25, -0.2) is 4.98 Å². The summed E-state index contributed by atoms with van der Waals surface area (Å²) in [6.07, 6.45) is 8.31. The Morgan fingerprint density at radius 1 is 1.62 bits per heavy atom. The normalized spacial score (nSPS) is 17.2. The molecule has 1 aromatic heterocycles. The number of aryl methyl sites for hydroxylation is 1. The lowest BCUT2D eigenvalue weighted by Crippen LogP contribution is -2.23. The van der Waals surface area contributed by atoms with Gasteiger partial charge in [-0.3, -0.25) is 0 Å². The Bertz CT molecular complexity index is 312. The van der Waals surface area contributed by atoms with Gasteiger partial charge in [0.2, 0.25) is 0 Å². The van der Waals surface area contributed by atoms with Gasteiger partial charge in [-0.2, -0.15) is 0 Å². The van der Waals surface area contributed by atoms with Crippen molar-refractivity contribution in [2.75, 3.05) is 13.1 Å². The van der Waals surface area contributed by atoms with Gasteiger partial charge in [-0.15, -0.1) is 0 Å². The zero-order chi connectivity index (χ0) is 9.10. The van der Waals surface area contributed by atoms with Gasteiger partial charge in [0.1, 0.15) is 5.82 Å². The largest absolute Gasteiger partial charge is 0.338 e. The summed E-state index contributed by atoms with van der Waals surface area (Å²) in [6.45, 7) is 2.14. The number of nitrogens with one attached hydrogen (secondary N) is 1. The van der Waals surface area contributed by atoms with Crippen molar-refractivity contribution in [2.45, 2.75) is 12.8 Å². The van der Waals surface area contributed by atoms with Crippen LogP contribution < -0.4 is 5.32 Å². The summed E-state index contributed by atoms with van der Waals surface area (Å²) in [5.74, 6) is 1.15. The van der Waals surface area contributed by atoms with Crippen molar-refractivity contribution in [1.29, 1.82) is 0 Å². The van der Waals surface area contributed by atoms with E-state index in [-0.39, 0.29) is 0 Å². The molecule has 0 aromatic carbocycles. The molecular formula is C10H15N3. The third-order valence-corrected chi connectivity index (χ3v) is 2.41. The van der Waals surface area contributed by atoms with Crippen LogP contribution in [0.3, 0.4) is 0 Å². The summed E-state index contributed by atoms with van der Waals surface area (Å²) in [7, 11) is 2.04. The zero-order valence-corrected chi connectivity index (χ0v) is 7.95. The van der Waals surface area contributed by atoms with Gasteiger partial charge in [0, 0.05) is 32.4 Å². The number of rotatable bonds is 2. The molecule has 0 atom stereocenters. The average molecular weight is 177 g/mol. The molecule has 0 unspecified atom stereocenters. The van der Waals surface area contributed by atoms with E-state index in [2.05, 4.69) is 20.9 Å². The highest BCUT2D eigenvalue weighted by Gasteiger charge is 2.06. The van der Waals surface area contributed by atoms with Crippen LogP contribution in [0, 0.1) is 0 Å². The summed E-state index contributed by atoms with van der Waals surface area (Å²) < 4.78 is 2.08. The smallest absolute Gasteiger partial charge is 0.112 e. The van der Waals surface area contributed by atoms with E-state index in [9.17, 15) is 0 Å². The summed E-state index contributed by atoms with van der Waals surface area (Å²) in [5, 5.41) is 3.36. The molecule has 0 fully saturated rings. The van der Waals surface area contributed by atoms with Crippen LogP contribution in [0.15, 0.2) is 24.0 Å². The van der Waals surface area contributed by atoms with E-state index in [0.717, 1.165) is 31.8 Å². The van der Waals surface area contributed by atoms with E-state index in [0.29, 0.717) is 0 Å². The van der Waals surface area contributed by atoms with Crippen LogP contribution in [-0.4, -0.2) is 22.6 Å². The lowest BCUT2D eigenvalue weighted by molar-refractivity contribution is 0.678. The van der Waals surface area contributed by atoms with Crippen molar-refractivity contribution in [2.24, 2.45) is 7.05 Å². The Kier molecular flexibility index (Phi) is 2.45. The highest BCUT2D eigenvalue weighted by atomic mass is 15.0. The molecule has 0 radical (unpaired) electrons. The molecule has 0 amide bonds. The minimum atomic E-state index is 0.983. The lowest BCUT2D eigenvalue weighted by atomic mass is 10.1. The number of imidazole rings is 1. The van der Waals surface area contributed by atoms with Gasteiger partial charge < -0.3 is 9.88 Å². The van der Waals surface area contributed by atoms with Gasteiger partial charge in [0.25, 0.3) is 0 Å². The summed E-state index contributed by atoms with van der Waals surface area (Å²) in [6, 6.07) is 0. The summed E-state index contributed by atoms with van der Waals surface area (Å²) in [4.78, 5) is 4.30. The fourth-order valence-electron chi connectivity index (χ4n) is 1.60. The fraction of sp³-hybridized carbons (Fsp3) is 0.500. The van der Waals surface area contributed by atoms with E-state index in [1.54, 1.807) is 0 Å². The minimum Gasteiger partial charge on any atom is -0.338 e. The number of nitrogens with zero attached hydrogens (tertiary/aromatic N) is 2. The Balaban J connectivity index is 2.05. The molecule has 0 saturated carbocycles. The summed E-state index contributed by atoms with van der Waals surface area (Å²) >= 11 is 0. The second-order valence-electron chi connectivity index (χ2n) is 3.46. The van der Waals surface area contributed by atoms with E-state index >= 15 is 0 Å². The lowest BCUT2D eigenvalue weighted by Gasteiger charge is -2.13. The Morgan fingerprint density at radius 3 is 3.15 bits per heavy atom. The van der Waals surface area contributed by atoms with Crippen molar-refractivity contribution < 1.29 is 0 Å². The minimum absolute atomic E-state index is 0.983. The fourth-order valence-corrected chi connectivity index (χ4v) is 1.60. The first-order chi connectivity index (χ1) is 6.36. The molecule has 0 spiro atoms. The average Bonchev–Trinajstić information content (AvgIpc) is 2.54. The molecule has 2 heterocycles. The molecule has 0 bridgehead atoms. The molecule has 0 aliphatic carbocycles. The van der Waals surface area contributed by atoms with Crippen LogP contribution in [0.4, 0.5) is 0 Å². The quantitative estimate of drug-likeness (QED) is 0.680. The van der Waals surface area contributed by atoms with E-state index in [4.69, 9.17) is 0 Å². The highest BCUT2D eigenvalue weighted by molar-refractivity contribution is 5.14. The topological polar surface area (TPSA) is 29.9 Å². The maximum atomic E-state index is 4.30. The first kappa shape index (κ1) is 8.51. The van der Waals surface area contributed by atoms with Crippen molar-refractivity contribution in [3.63, 3.8) is 0 Å². The molecule has 0 saturated heterocycles. The molecule has 1 aliphatic heterocycles. The molecule has 1 aliphatic rings. The van der Waals surface area contributed by atoms with Crippen molar-refractivity contribution >= 4 is 0 Å². The van der Waals surface area contributed by atoms with Gasteiger partial charge in [-0.1, -0.05) is 11.6 Å². The number of hydrogen-bond donors (Lipinski definition) is 1. The molecule has 1 aromatic rings. The Morgan fingerprint density at radius 2 is 2.54 bits per heavy atom. The Hall–Kier alpha value is -1.09. The van der Waals surface area contributed by atoms with Gasteiger partial charge >= 0.3 is 0 Å². The maximum Gasteiger partial charge on any atom is 0.112 e. The van der Waals surface area contributed by atoms with Crippen molar-refractivity contribution in [3.05, 3.63) is 29.9 Å². The van der Waals surface area contributed by atoms with Crippen LogP contribution in [-0.2, 0) is 13.5 Å². The molecule has 70 valence electrons. The Labute approximate surface area is 78.5 Å². The first-order valence-electron chi connectivity index (χ1n) is 4.71. The second-order valence-corrected chi connectivity index (χ2v) is 3.46. The van der Waals surface area contributed by atoms with Crippen LogP contribution >= 0.6 is 0 Å². The van der Waals surface area contributed by atoms with Crippen LogP contribution in [0.25, 0.3) is 0 Å². The molecule has 3 nitrogen and oxygen atoms in total. The van der Waals surface area contributed by atoms with Gasteiger partial charge in [0.15, 0.2) is 0 Å². The second kappa shape index (κ2) is 3.75. The molecule has 3 heteroatoms. The maximum absolute atomic E-state index is 4.30. The zero-order valence-electron chi connectivity index (χ0n) is 7.95. The van der Waals surface area contributed by atoms with Crippen LogP contribution in [0.5, 0.6) is 0 Å². The number of aromatic nitrogens is 2. The highest BCUT2D eigenvalue weighted by Crippen LogP contribution is 2.08. The third-order valence-electron chi connectivity index (χ3n) is 2.41. The first-order valence-corrected chi connectivity index (χ1v) is 4.71. The molecule has 13 heavy (non-hydrogen) atoms.